The minimum Gasteiger partial charge on any atom is -0.512 e. The van der Waals surface area contributed by atoms with Crippen molar-refractivity contribution in [1.82, 2.24) is 4.90 Å². The number of ketones is 1. The smallest absolute Gasteiger partial charge is 0.507 e. The third kappa shape index (κ3) is 2.95. The first kappa shape index (κ1) is 22.2. The number of carbonyl (C=O) groups is 3. The maximum atomic E-state index is 14.0. The van der Waals surface area contributed by atoms with E-state index in [4.69, 9.17) is 9.47 Å². The normalized spacial score (nSPS) is 35.0. The first-order chi connectivity index (χ1) is 15.7. The van der Waals surface area contributed by atoms with E-state index in [1.807, 2.05) is 0 Å². The summed E-state index contributed by atoms with van der Waals surface area (Å²) in [5.41, 5.74) is 2.24. The largest absolute Gasteiger partial charge is 0.512 e. The summed E-state index contributed by atoms with van der Waals surface area (Å²) in [5.74, 6) is -0.141. The molecule has 2 saturated heterocycles. The van der Waals surface area contributed by atoms with Crippen molar-refractivity contribution in [3.05, 3.63) is 33.6 Å². The molecule has 0 aromatic carbocycles. The molecule has 178 valence electrons. The Kier molecular flexibility index (Phi) is 5.19. The Labute approximate surface area is 193 Å². The van der Waals surface area contributed by atoms with Gasteiger partial charge in [0.2, 0.25) is 0 Å². The van der Waals surface area contributed by atoms with Crippen molar-refractivity contribution in [2.45, 2.75) is 45.6 Å². The van der Waals surface area contributed by atoms with Gasteiger partial charge >= 0.3 is 12.1 Å². The number of hydrogen-bond acceptors (Lipinski definition) is 8. The Morgan fingerprint density at radius 1 is 1.18 bits per heavy atom. The molecule has 3 aliphatic carbocycles. The fraction of sp³-hybridized carbons (Fsp3) is 0.640. The number of aliphatic hydroxyl groups is 1. The molecule has 0 radical (unpaired) electrons. The van der Waals surface area contributed by atoms with Gasteiger partial charge in [-0.25, -0.2) is 9.59 Å². The lowest BCUT2D eigenvalue weighted by Gasteiger charge is -2.43. The molecule has 8 nitrogen and oxygen atoms in total. The van der Waals surface area contributed by atoms with E-state index in [1.165, 1.54) is 14.2 Å². The van der Waals surface area contributed by atoms with Crippen molar-refractivity contribution in [2.24, 2.45) is 23.2 Å². The average molecular weight is 458 g/mol. The standard InChI is InChI=1S/C25H31NO7/c1-12-10-26-11-13-5-6-16(27)18-14(7-8-33-24(30)32-4)19(23(29)31-3)20-21(18)25(13,2)17(26)9-15(12)22(20)28/h12-13,15,17,27H,5-11H2,1-4H3/t12-,13-,15-,17-,25-/m1/s1. The summed E-state index contributed by atoms with van der Waals surface area (Å²) >= 11 is 0. The maximum absolute atomic E-state index is 14.0. The second kappa shape index (κ2) is 7.72. The fourth-order valence-electron chi connectivity index (χ4n) is 7.22. The molecule has 2 fully saturated rings. The van der Waals surface area contributed by atoms with Gasteiger partial charge < -0.3 is 19.3 Å². The van der Waals surface area contributed by atoms with Crippen LogP contribution in [0.5, 0.6) is 0 Å². The van der Waals surface area contributed by atoms with Crippen molar-refractivity contribution in [1.29, 1.82) is 0 Å². The first-order valence-electron chi connectivity index (χ1n) is 11.7. The molecule has 0 aromatic rings. The van der Waals surface area contributed by atoms with Gasteiger partial charge in [-0.15, -0.1) is 0 Å². The average Bonchev–Trinajstić information content (AvgIpc) is 3.22. The number of Topliss-reactive ketones (excluding diaryl/α,β-unsaturated/α-hetero) is 1. The van der Waals surface area contributed by atoms with Crippen molar-refractivity contribution in [2.75, 3.05) is 33.9 Å². The SMILES string of the molecule is COC(=O)OCCC1=C(C(=O)OC)C2=C3C1=C(O)CC[C@@H]1CN4C[C@@H](C)[C@@H](C[C@@H]4[C@]31C)C2=O. The van der Waals surface area contributed by atoms with Gasteiger partial charge in [-0.3, -0.25) is 9.69 Å². The van der Waals surface area contributed by atoms with E-state index in [0.29, 0.717) is 23.1 Å². The van der Waals surface area contributed by atoms with Crippen LogP contribution in [-0.2, 0) is 23.8 Å². The first-order valence-corrected chi connectivity index (χ1v) is 11.7. The van der Waals surface area contributed by atoms with Gasteiger partial charge in [-0.05, 0) is 35.8 Å². The molecule has 2 aliphatic heterocycles. The van der Waals surface area contributed by atoms with Gasteiger partial charge in [0.15, 0.2) is 5.78 Å². The molecule has 0 aromatic heterocycles. The summed E-state index contributed by atoms with van der Waals surface area (Å²) in [5, 5.41) is 11.2. The summed E-state index contributed by atoms with van der Waals surface area (Å²) in [6.45, 7) is 6.09. The molecule has 8 heteroatoms. The van der Waals surface area contributed by atoms with Gasteiger partial charge in [0.1, 0.15) is 5.76 Å². The van der Waals surface area contributed by atoms with Crippen LogP contribution in [0.3, 0.4) is 0 Å². The summed E-state index contributed by atoms with van der Waals surface area (Å²) in [7, 11) is 2.53. The lowest BCUT2D eigenvalue weighted by Crippen LogP contribution is -2.48. The van der Waals surface area contributed by atoms with Gasteiger partial charge in [-0.2, -0.15) is 0 Å². The number of ether oxygens (including phenoxy) is 3. The Morgan fingerprint density at radius 2 is 1.94 bits per heavy atom. The van der Waals surface area contributed by atoms with E-state index in [0.717, 1.165) is 31.5 Å². The van der Waals surface area contributed by atoms with Crippen LogP contribution in [0, 0.1) is 23.2 Å². The molecule has 0 unspecified atom stereocenters. The second-order valence-electron chi connectivity index (χ2n) is 10.1. The molecule has 0 amide bonds. The predicted octanol–water partition coefficient (Wildman–Crippen LogP) is 3.09. The van der Waals surface area contributed by atoms with Crippen LogP contribution in [0.15, 0.2) is 33.6 Å². The quantitative estimate of drug-likeness (QED) is 0.643. The molecule has 33 heavy (non-hydrogen) atoms. The molecule has 2 bridgehead atoms. The molecular weight excluding hydrogens is 426 g/mol. The van der Waals surface area contributed by atoms with Gasteiger partial charge in [0.25, 0.3) is 0 Å². The van der Waals surface area contributed by atoms with Crippen LogP contribution in [0.2, 0.25) is 0 Å². The highest BCUT2D eigenvalue weighted by molar-refractivity contribution is 6.15. The van der Waals surface area contributed by atoms with Gasteiger partial charge in [0, 0.05) is 54.5 Å². The minimum atomic E-state index is -0.820. The molecular formula is C25H31NO7. The monoisotopic (exact) mass is 457 g/mol. The lowest BCUT2D eigenvalue weighted by atomic mass is 9.65. The van der Waals surface area contributed by atoms with E-state index < -0.39 is 12.1 Å². The number of fused-ring (bicyclic) bond motifs is 1. The van der Waals surface area contributed by atoms with Crippen LogP contribution >= 0.6 is 0 Å². The molecule has 5 rings (SSSR count). The summed E-state index contributed by atoms with van der Waals surface area (Å²) in [6, 6.07) is 0.186. The summed E-state index contributed by atoms with van der Waals surface area (Å²) < 4.78 is 14.8. The number of hydrogen-bond donors (Lipinski definition) is 1. The number of aliphatic hydroxyl groups excluding tert-OH is 1. The zero-order chi connectivity index (χ0) is 23.7. The van der Waals surface area contributed by atoms with Gasteiger partial charge in [0.05, 0.1) is 26.4 Å². The third-order valence-electron chi connectivity index (χ3n) is 8.74. The van der Waals surface area contributed by atoms with E-state index >= 15 is 0 Å². The molecule has 2 heterocycles. The van der Waals surface area contributed by atoms with E-state index in [-0.39, 0.29) is 59.4 Å². The van der Waals surface area contributed by atoms with Crippen molar-refractivity contribution < 1.29 is 33.7 Å². The zero-order valence-electron chi connectivity index (χ0n) is 19.6. The number of allylic oxidation sites excluding steroid dienone is 2. The number of rotatable bonds is 4. The highest BCUT2D eigenvalue weighted by Crippen LogP contribution is 2.63. The molecule has 0 spiro atoms. The maximum Gasteiger partial charge on any atom is 0.507 e. The van der Waals surface area contributed by atoms with E-state index in [2.05, 4.69) is 23.5 Å². The summed E-state index contributed by atoms with van der Waals surface area (Å²) in [4.78, 5) is 41.2. The van der Waals surface area contributed by atoms with Gasteiger partial charge in [-0.1, -0.05) is 13.8 Å². The number of piperidine rings is 1. The number of carbonyl (C=O) groups excluding carboxylic acids is 3. The summed E-state index contributed by atoms with van der Waals surface area (Å²) in [6.07, 6.45) is 1.43. The number of methoxy groups -OCH3 is 2. The van der Waals surface area contributed by atoms with Crippen LogP contribution in [0.25, 0.3) is 0 Å². The number of nitrogens with zero attached hydrogens (tertiary/aromatic N) is 1. The fourth-order valence-corrected chi connectivity index (χ4v) is 7.22. The Hall–Kier alpha value is -2.61. The predicted molar refractivity (Wildman–Crippen MR) is 117 cm³/mol. The molecule has 0 saturated carbocycles. The van der Waals surface area contributed by atoms with Crippen LogP contribution in [0.1, 0.15) is 39.5 Å². The Balaban J connectivity index is 1.73. The highest BCUT2D eigenvalue weighted by Gasteiger charge is 2.63. The lowest BCUT2D eigenvalue weighted by molar-refractivity contribution is -0.136. The number of esters is 1. The third-order valence-corrected chi connectivity index (χ3v) is 8.74. The topological polar surface area (TPSA) is 102 Å². The molecule has 5 atom stereocenters. The Morgan fingerprint density at radius 3 is 2.64 bits per heavy atom. The molecule has 1 N–H and O–H groups in total. The van der Waals surface area contributed by atoms with Crippen LogP contribution < -0.4 is 0 Å². The van der Waals surface area contributed by atoms with Crippen molar-refractivity contribution in [3.63, 3.8) is 0 Å². The second-order valence-corrected chi connectivity index (χ2v) is 10.1. The zero-order valence-corrected chi connectivity index (χ0v) is 19.6. The van der Waals surface area contributed by atoms with Crippen LogP contribution in [-0.4, -0.2) is 67.9 Å². The van der Waals surface area contributed by atoms with Crippen molar-refractivity contribution in [3.8, 4) is 0 Å². The minimum absolute atomic E-state index is 0.0250. The van der Waals surface area contributed by atoms with E-state index in [1.54, 1.807) is 0 Å². The van der Waals surface area contributed by atoms with E-state index in [9.17, 15) is 19.5 Å². The molecule has 5 aliphatic rings. The highest BCUT2D eigenvalue weighted by atomic mass is 16.7. The van der Waals surface area contributed by atoms with Crippen LogP contribution in [0.4, 0.5) is 4.79 Å². The van der Waals surface area contributed by atoms with Crippen molar-refractivity contribution >= 4 is 17.9 Å². The Bertz CT molecular complexity index is 1040.